The summed E-state index contributed by atoms with van der Waals surface area (Å²) < 4.78 is 26.1. The van der Waals surface area contributed by atoms with E-state index in [-0.39, 0.29) is 17.5 Å². The SMILES string of the molecule is Cc1cccc(N(CC(=O)Nc2ccccc2C(=O)N[C@H](C)c2ccccc2)S(C)(=O)=O)c1C. The van der Waals surface area contributed by atoms with Gasteiger partial charge in [-0.3, -0.25) is 13.9 Å². The van der Waals surface area contributed by atoms with Crippen molar-refractivity contribution in [2.45, 2.75) is 26.8 Å². The normalized spacial score (nSPS) is 12.0. The van der Waals surface area contributed by atoms with Crippen molar-refractivity contribution < 1.29 is 18.0 Å². The first-order valence-corrected chi connectivity index (χ1v) is 12.7. The highest BCUT2D eigenvalue weighted by Crippen LogP contribution is 2.25. The minimum absolute atomic E-state index is 0.234. The minimum atomic E-state index is -3.72. The smallest absolute Gasteiger partial charge is 0.253 e. The van der Waals surface area contributed by atoms with Crippen LogP contribution in [-0.4, -0.2) is 33.0 Å². The van der Waals surface area contributed by atoms with Crippen LogP contribution in [0.4, 0.5) is 11.4 Å². The summed E-state index contributed by atoms with van der Waals surface area (Å²) in [7, 11) is -3.72. The van der Waals surface area contributed by atoms with Gasteiger partial charge in [-0.2, -0.15) is 0 Å². The lowest BCUT2D eigenvalue weighted by Gasteiger charge is -2.24. The Morgan fingerprint density at radius 1 is 0.912 bits per heavy atom. The second-order valence-corrected chi connectivity index (χ2v) is 10.1. The molecule has 3 rings (SSSR count). The highest BCUT2D eigenvalue weighted by molar-refractivity contribution is 7.92. The van der Waals surface area contributed by atoms with E-state index >= 15 is 0 Å². The van der Waals surface area contributed by atoms with Crippen LogP contribution in [0.3, 0.4) is 0 Å². The molecule has 3 aromatic rings. The lowest BCUT2D eigenvalue weighted by molar-refractivity contribution is -0.114. The zero-order valence-electron chi connectivity index (χ0n) is 19.7. The van der Waals surface area contributed by atoms with Crippen molar-refractivity contribution in [1.29, 1.82) is 0 Å². The molecule has 0 radical (unpaired) electrons. The maximum absolute atomic E-state index is 12.9. The van der Waals surface area contributed by atoms with E-state index in [2.05, 4.69) is 10.6 Å². The summed E-state index contributed by atoms with van der Waals surface area (Å²) in [5.74, 6) is -0.899. The second-order valence-electron chi connectivity index (χ2n) is 8.19. The minimum Gasteiger partial charge on any atom is -0.345 e. The third-order valence-corrected chi connectivity index (χ3v) is 6.75. The number of aryl methyl sites for hydroxylation is 1. The van der Waals surface area contributed by atoms with Crippen molar-refractivity contribution in [3.8, 4) is 0 Å². The van der Waals surface area contributed by atoms with Gasteiger partial charge in [0.15, 0.2) is 0 Å². The Kier molecular flexibility index (Phi) is 7.73. The summed E-state index contributed by atoms with van der Waals surface area (Å²) in [4.78, 5) is 25.9. The van der Waals surface area contributed by atoms with Crippen molar-refractivity contribution in [3.05, 3.63) is 95.1 Å². The average molecular weight is 480 g/mol. The molecule has 0 saturated heterocycles. The van der Waals surface area contributed by atoms with Crippen LogP contribution in [0, 0.1) is 13.8 Å². The number of rotatable bonds is 8. The monoisotopic (exact) mass is 479 g/mol. The molecule has 0 bridgehead atoms. The maximum atomic E-state index is 12.9. The number of benzene rings is 3. The van der Waals surface area contributed by atoms with Crippen molar-refractivity contribution in [3.63, 3.8) is 0 Å². The van der Waals surface area contributed by atoms with Crippen molar-refractivity contribution >= 4 is 33.2 Å². The van der Waals surface area contributed by atoms with Crippen LogP contribution in [0.15, 0.2) is 72.8 Å². The zero-order chi connectivity index (χ0) is 24.9. The highest BCUT2D eigenvalue weighted by Gasteiger charge is 2.24. The number of sulfonamides is 1. The van der Waals surface area contributed by atoms with E-state index in [1.165, 1.54) is 0 Å². The molecule has 0 unspecified atom stereocenters. The maximum Gasteiger partial charge on any atom is 0.253 e. The molecule has 178 valence electrons. The van der Waals surface area contributed by atoms with E-state index < -0.39 is 22.5 Å². The van der Waals surface area contributed by atoms with E-state index in [0.717, 1.165) is 27.3 Å². The van der Waals surface area contributed by atoms with E-state index in [9.17, 15) is 18.0 Å². The predicted octanol–water partition coefficient (Wildman–Crippen LogP) is 4.20. The predicted molar refractivity (Wildman–Crippen MR) is 136 cm³/mol. The number of anilines is 2. The Bertz CT molecular complexity index is 1290. The van der Waals surface area contributed by atoms with Gasteiger partial charge < -0.3 is 10.6 Å². The largest absolute Gasteiger partial charge is 0.345 e. The number of carbonyl (C=O) groups excluding carboxylic acids is 2. The van der Waals surface area contributed by atoms with E-state index in [4.69, 9.17) is 0 Å². The van der Waals surface area contributed by atoms with Crippen molar-refractivity contribution in [2.24, 2.45) is 0 Å². The van der Waals surface area contributed by atoms with Gasteiger partial charge in [0, 0.05) is 0 Å². The third kappa shape index (κ3) is 6.02. The highest BCUT2D eigenvalue weighted by atomic mass is 32.2. The summed E-state index contributed by atoms with van der Waals surface area (Å²) in [6.45, 7) is 5.15. The first kappa shape index (κ1) is 25.0. The molecular weight excluding hydrogens is 450 g/mol. The summed E-state index contributed by atoms with van der Waals surface area (Å²) >= 11 is 0. The van der Waals surface area contributed by atoms with Crippen LogP contribution in [-0.2, 0) is 14.8 Å². The van der Waals surface area contributed by atoms with Crippen LogP contribution in [0.1, 0.15) is 40.0 Å². The molecule has 0 aliphatic carbocycles. The fourth-order valence-corrected chi connectivity index (χ4v) is 4.50. The Labute approximate surface area is 200 Å². The van der Waals surface area contributed by atoms with Gasteiger partial charge >= 0.3 is 0 Å². The molecule has 0 aliphatic heterocycles. The Morgan fingerprint density at radius 2 is 1.56 bits per heavy atom. The van der Waals surface area contributed by atoms with Crippen LogP contribution in [0.5, 0.6) is 0 Å². The van der Waals surface area contributed by atoms with Crippen LogP contribution < -0.4 is 14.9 Å². The summed E-state index contributed by atoms with van der Waals surface area (Å²) in [5, 5.41) is 5.64. The van der Waals surface area contributed by atoms with Crippen molar-refractivity contribution in [1.82, 2.24) is 5.32 Å². The van der Waals surface area contributed by atoms with Crippen LogP contribution in [0.25, 0.3) is 0 Å². The Morgan fingerprint density at radius 3 is 2.24 bits per heavy atom. The number of hydrogen-bond donors (Lipinski definition) is 2. The molecule has 0 fully saturated rings. The summed E-state index contributed by atoms with van der Waals surface area (Å²) in [6.07, 6.45) is 1.06. The quantitative estimate of drug-likeness (QED) is 0.506. The molecular formula is C26H29N3O4S. The molecule has 7 nitrogen and oxygen atoms in total. The van der Waals surface area contributed by atoms with Gasteiger partial charge in [-0.25, -0.2) is 8.42 Å². The second kappa shape index (κ2) is 10.5. The van der Waals surface area contributed by atoms with Gasteiger partial charge in [0.1, 0.15) is 6.54 Å². The Hall–Kier alpha value is -3.65. The number of hydrogen-bond acceptors (Lipinski definition) is 4. The zero-order valence-corrected chi connectivity index (χ0v) is 20.5. The third-order valence-electron chi connectivity index (χ3n) is 5.63. The average Bonchev–Trinajstić information content (AvgIpc) is 2.79. The molecule has 0 aliphatic rings. The molecule has 34 heavy (non-hydrogen) atoms. The van der Waals surface area contributed by atoms with E-state index in [1.54, 1.807) is 36.4 Å². The number of para-hydroxylation sites is 1. The fourth-order valence-electron chi connectivity index (χ4n) is 3.60. The molecule has 0 spiro atoms. The lowest BCUT2D eigenvalue weighted by Crippen LogP contribution is -2.38. The molecule has 2 amide bonds. The molecule has 0 saturated carbocycles. The fraction of sp³-hybridized carbons (Fsp3) is 0.231. The molecule has 1 atom stereocenters. The topological polar surface area (TPSA) is 95.6 Å². The van der Waals surface area contributed by atoms with Gasteiger partial charge in [-0.05, 0) is 55.7 Å². The van der Waals surface area contributed by atoms with Gasteiger partial charge in [0.05, 0.1) is 29.2 Å². The standard InChI is InChI=1S/C26H29N3O4S/c1-18-11-10-16-24(19(18)2)29(34(4,32)33)17-25(30)28-23-15-9-8-14-22(23)26(31)27-20(3)21-12-6-5-7-13-21/h5-16,20H,17H2,1-4H3,(H,27,31)(H,28,30)/t20-/m1/s1. The van der Waals surface area contributed by atoms with Gasteiger partial charge in [0.25, 0.3) is 5.91 Å². The first-order valence-electron chi connectivity index (χ1n) is 10.9. The van der Waals surface area contributed by atoms with Gasteiger partial charge in [-0.1, -0.05) is 54.6 Å². The molecule has 0 heterocycles. The molecule has 2 N–H and O–H groups in total. The van der Waals surface area contributed by atoms with E-state index in [1.807, 2.05) is 57.2 Å². The van der Waals surface area contributed by atoms with Crippen LogP contribution in [0.2, 0.25) is 0 Å². The van der Waals surface area contributed by atoms with Crippen LogP contribution >= 0.6 is 0 Å². The van der Waals surface area contributed by atoms with E-state index in [0.29, 0.717) is 11.4 Å². The lowest BCUT2D eigenvalue weighted by atomic mass is 10.1. The Balaban J connectivity index is 1.79. The number of nitrogens with one attached hydrogen (secondary N) is 2. The molecule has 0 aromatic heterocycles. The van der Waals surface area contributed by atoms with Gasteiger partial charge in [-0.15, -0.1) is 0 Å². The summed E-state index contributed by atoms with van der Waals surface area (Å²) in [6, 6.07) is 21.2. The van der Waals surface area contributed by atoms with Gasteiger partial charge in [0.2, 0.25) is 15.9 Å². The number of nitrogens with zero attached hydrogens (tertiary/aromatic N) is 1. The molecule has 8 heteroatoms. The number of carbonyl (C=O) groups is 2. The number of amides is 2. The molecule has 3 aromatic carbocycles. The summed E-state index contributed by atoms with van der Waals surface area (Å²) in [5.41, 5.74) is 3.68. The first-order chi connectivity index (χ1) is 16.1. The van der Waals surface area contributed by atoms with Crippen molar-refractivity contribution in [2.75, 3.05) is 22.4 Å².